The van der Waals surface area contributed by atoms with Gasteiger partial charge in [-0.3, -0.25) is 14.4 Å². The van der Waals surface area contributed by atoms with Crippen LogP contribution in [0.25, 0.3) is 0 Å². The van der Waals surface area contributed by atoms with Gasteiger partial charge in [-0.25, -0.2) is 0 Å². The molecule has 0 heterocycles. The predicted molar refractivity (Wildman–Crippen MR) is 113 cm³/mol. The Morgan fingerprint density at radius 2 is 1.77 bits per heavy atom. The van der Waals surface area contributed by atoms with Crippen LogP contribution in [0.4, 0.5) is 0 Å². The maximum absolute atomic E-state index is 12.5. The highest BCUT2D eigenvalue weighted by molar-refractivity contribution is 5.88. The highest BCUT2D eigenvalue weighted by atomic mass is 16.5. The maximum atomic E-state index is 12.5. The fourth-order valence-electron chi connectivity index (χ4n) is 2.98. The van der Waals surface area contributed by atoms with Crippen molar-refractivity contribution in [3.63, 3.8) is 0 Å². The van der Waals surface area contributed by atoms with E-state index in [2.05, 4.69) is 16.0 Å². The molecule has 1 aromatic carbocycles. The maximum Gasteiger partial charge on any atom is 0.249 e. The summed E-state index contributed by atoms with van der Waals surface area (Å²) < 4.78 is 5.75. The van der Waals surface area contributed by atoms with E-state index in [1.807, 2.05) is 51.1 Å². The van der Waals surface area contributed by atoms with Gasteiger partial charge in [-0.05, 0) is 24.3 Å². The van der Waals surface area contributed by atoms with Crippen molar-refractivity contribution in [2.24, 2.45) is 11.8 Å². The first kappa shape index (κ1) is 25.3. The van der Waals surface area contributed by atoms with Gasteiger partial charge in [-0.1, -0.05) is 51.1 Å². The molecule has 0 saturated carbocycles. The number of aldehydes is 1. The van der Waals surface area contributed by atoms with Crippen molar-refractivity contribution in [2.75, 3.05) is 13.6 Å². The molecular weight excluding hydrogens is 386 g/mol. The summed E-state index contributed by atoms with van der Waals surface area (Å²) in [5.74, 6) is -1.54. The van der Waals surface area contributed by atoms with E-state index in [9.17, 15) is 19.2 Å². The van der Waals surface area contributed by atoms with E-state index in [0.29, 0.717) is 12.7 Å². The molecule has 8 nitrogen and oxygen atoms in total. The number of rotatable bonds is 13. The standard InChI is InChI=1S/C22H33N3O5/c1-5-17(21(28)23-4)11-18(13-26)25-19(27)12-24-22(29)20(15(2)3)30-14-16-9-7-6-8-10-16/h6-10,13,15,17-18,20H,5,11-12,14H2,1-4H3,(H,23,28)(H,24,29)(H,25,27). The van der Waals surface area contributed by atoms with E-state index in [1.165, 1.54) is 7.05 Å². The average Bonchev–Trinajstić information content (AvgIpc) is 2.75. The summed E-state index contributed by atoms with van der Waals surface area (Å²) in [6.45, 7) is 5.57. The Bertz CT molecular complexity index is 693. The third kappa shape index (κ3) is 8.73. The molecule has 1 aromatic rings. The van der Waals surface area contributed by atoms with Crippen LogP contribution < -0.4 is 16.0 Å². The summed E-state index contributed by atoms with van der Waals surface area (Å²) in [5, 5.41) is 7.66. The second-order valence-electron chi connectivity index (χ2n) is 7.44. The van der Waals surface area contributed by atoms with Crippen LogP contribution in [-0.4, -0.2) is 49.7 Å². The monoisotopic (exact) mass is 419 g/mol. The minimum atomic E-state index is -0.799. The Labute approximate surface area is 178 Å². The van der Waals surface area contributed by atoms with Crippen molar-refractivity contribution >= 4 is 24.0 Å². The van der Waals surface area contributed by atoms with Crippen LogP contribution in [0.3, 0.4) is 0 Å². The SMILES string of the molecule is CCC(CC(C=O)NC(=O)CNC(=O)C(OCc1ccccc1)C(C)C)C(=O)NC. The third-order valence-corrected chi connectivity index (χ3v) is 4.72. The number of benzene rings is 1. The topological polar surface area (TPSA) is 114 Å². The van der Waals surface area contributed by atoms with E-state index in [1.54, 1.807) is 0 Å². The molecule has 0 aromatic heterocycles. The summed E-state index contributed by atoms with van der Waals surface area (Å²) >= 11 is 0. The molecule has 0 saturated heterocycles. The van der Waals surface area contributed by atoms with Gasteiger partial charge in [0.25, 0.3) is 0 Å². The summed E-state index contributed by atoms with van der Waals surface area (Å²) in [6.07, 6.45) is 0.641. The van der Waals surface area contributed by atoms with Crippen LogP contribution in [0, 0.1) is 11.8 Å². The number of hydrogen-bond acceptors (Lipinski definition) is 5. The molecule has 0 aliphatic rings. The lowest BCUT2D eigenvalue weighted by molar-refractivity contribution is -0.138. The first-order valence-corrected chi connectivity index (χ1v) is 10.2. The van der Waals surface area contributed by atoms with Crippen LogP contribution in [0.5, 0.6) is 0 Å². The van der Waals surface area contributed by atoms with Crippen LogP contribution in [-0.2, 0) is 30.5 Å². The number of ether oxygens (including phenoxy) is 1. The highest BCUT2D eigenvalue weighted by Crippen LogP contribution is 2.12. The van der Waals surface area contributed by atoms with Gasteiger partial charge in [0.2, 0.25) is 17.7 Å². The van der Waals surface area contributed by atoms with E-state index in [4.69, 9.17) is 4.74 Å². The fourth-order valence-corrected chi connectivity index (χ4v) is 2.98. The average molecular weight is 420 g/mol. The quantitative estimate of drug-likeness (QED) is 0.416. The lowest BCUT2D eigenvalue weighted by Crippen LogP contribution is -2.47. The molecule has 3 amide bonds. The zero-order valence-corrected chi connectivity index (χ0v) is 18.1. The van der Waals surface area contributed by atoms with Crippen molar-refractivity contribution in [2.45, 2.75) is 52.4 Å². The van der Waals surface area contributed by atoms with Crippen LogP contribution in [0.15, 0.2) is 30.3 Å². The molecule has 0 spiro atoms. The summed E-state index contributed by atoms with van der Waals surface area (Å²) in [6, 6.07) is 8.70. The van der Waals surface area contributed by atoms with E-state index in [0.717, 1.165) is 5.56 Å². The van der Waals surface area contributed by atoms with Crippen molar-refractivity contribution in [3.8, 4) is 0 Å². The zero-order valence-electron chi connectivity index (χ0n) is 18.1. The van der Waals surface area contributed by atoms with E-state index < -0.39 is 24.0 Å². The van der Waals surface area contributed by atoms with Crippen molar-refractivity contribution in [3.05, 3.63) is 35.9 Å². The van der Waals surface area contributed by atoms with Gasteiger partial charge in [0.1, 0.15) is 12.4 Å². The number of hydrogen-bond donors (Lipinski definition) is 3. The number of amides is 3. The third-order valence-electron chi connectivity index (χ3n) is 4.72. The lowest BCUT2D eigenvalue weighted by atomic mass is 9.97. The van der Waals surface area contributed by atoms with Gasteiger partial charge in [0.15, 0.2) is 0 Å². The molecule has 30 heavy (non-hydrogen) atoms. The van der Waals surface area contributed by atoms with Gasteiger partial charge in [-0.15, -0.1) is 0 Å². The molecule has 0 aliphatic carbocycles. The summed E-state index contributed by atoms with van der Waals surface area (Å²) in [7, 11) is 1.53. The molecule has 3 atom stereocenters. The Kier molecular flexibility index (Phi) is 11.4. The minimum absolute atomic E-state index is 0.0858. The molecule has 3 unspecified atom stereocenters. The molecule has 8 heteroatoms. The number of nitrogens with one attached hydrogen (secondary N) is 3. The van der Waals surface area contributed by atoms with Crippen molar-refractivity contribution in [1.29, 1.82) is 0 Å². The number of carbonyl (C=O) groups is 4. The Hall–Kier alpha value is -2.74. The molecule has 166 valence electrons. The Balaban J connectivity index is 2.54. The smallest absolute Gasteiger partial charge is 0.249 e. The number of carbonyl (C=O) groups excluding carboxylic acids is 4. The fraction of sp³-hybridized carbons (Fsp3) is 0.545. The van der Waals surface area contributed by atoms with Gasteiger partial charge < -0.3 is 25.5 Å². The Morgan fingerprint density at radius 3 is 2.30 bits per heavy atom. The zero-order chi connectivity index (χ0) is 22.5. The molecule has 0 fully saturated rings. The van der Waals surface area contributed by atoms with Gasteiger partial charge in [-0.2, -0.15) is 0 Å². The van der Waals surface area contributed by atoms with Crippen molar-refractivity contribution < 1.29 is 23.9 Å². The first-order chi connectivity index (χ1) is 14.3. The predicted octanol–water partition coefficient (Wildman–Crippen LogP) is 1.19. The molecule has 0 radical (unpaired) electrons. The second-order valence-corrected chi connectivity index (χ2v) is 7.44. The highest BCUT2D eigenvalue weighted by Gasteiger charge is 2.25. The molecule has 0 bridgehead atoms. The largest absolute Gasteiger partial charge is 0.363 e. The van der Waals surface area contributed by atoms with Crippen molar-refractivity contribution in [1.82, 2.24) is 16.0 Å². The van der Waals surface area contributed by atoms with Crippen LogP contribution in [0.2, 0.25) is 0 Å². The van der Waals surface area contributed by atoms with Crippen LogP contribution >= 0.6 is 0 Å². The van der Waals surface area contributed by atoms with Gasteiger partial charge in [0, 0.05) is 13.0 Å². The van der Waals surface area contributed by atoms with Gasteiger partial charge >= 0.3 is 0 Å². The lowest BCUT2D eigenvalue weighted by Gasteiger charge is -2.22. The first-order valence-electron chi connectivity index (χ1n) is 10.2. The van der Waals surface area contributed by atoms with E-state index >= 15 is 0 Å². The second kappa shape index (κ2) is 13.5. The molecule has 3 N–H and O–H groups in total. The molecule has 1 rings (SSSR count). The van der Waals surface area contributed by atoms with Crippen LogP contribution in [0.1, 0.15) is 39.2 Å². The summed E-state index contributed by atoms with van der Waals surface area (Å²) in [4.78, 5) is 47.7. The normalized spacial score (nSPS) is 13.8. The minimum Gasteiger partial charge on any atom is -0.363 e. The molecular formula is C22H33N3O5. The Morgan fingerprint density at radius 1 is 1.10 bits per heavy atom. The molecule has 0 aliphatic heterocycles. The summed E-state index contributed by atoms with van der Waals surface area (Å²) in [5.41, 5.74) is 0.948. The van der Waals surface area contributed by atoms with Gasteiger partial charge in [0.05, 0.1) is 19.2 Å². The van der Waals surface area contributed by atoms with E-state index in [-0.39, 0.29) is 37.3 Å².